The van der Waals surface area contributed by atoms with Crippen LogP contribution >= 0.6 is 0 Å². The second-order valence-electron chi connectivity index (χ2n) is 5.32. The maximum absolute atomic E-state index is 12.5. The summed E-state index contributed by atoms with van der Waals surface area (Å²) in [6.45, 7) is 3.57. The van der Waals surface area contributed by atoms with Gasteiger partial charge in [0.25, 0.3) is 0 Å². The third kappa shape index (κ3) is 4.15. The molecule has 1 fully saturated rings. The molecule has 0 aromatic carbocycles. The molecule has 0 aliphatic heterocycles. The Balaban J connectivity index is 2.46. The Bertz CT molecular complexity index is 284. The van der Waals surface area contributed by atoms with Crippen LogP contribution in [-0.4, -0.2) is 29.3 Å². The van der Waals surface area contributed by atoms with E-state index >= 15 is 0 Å². The fraction of sp³-hybridized carbons (Fsp3) is 0.917. The van der Waals surface area contributed by atoms with Gasteiger partial charge < -0.3 is 10.4 Å². The van der Waals surface area contributed by atoms with Crippen molar-refractivity contribution in [3.05, 3.63) is 0 Å². The van der Waals surface area contributed by atoms with E-state index in [-0.39, 0.29) is 24.8 Å². The van der Waals surface area contributed by atoms with Gasteiger partial charge in [0.1, 0.15) is 6.04 Å². The van der Waals surface area contributed by atoms with Crippen LogP contribution in [0, 0.1) is 11.8 Å². The molecule has 1 unspecified atom stereocenters. The van der Waals surface area contributed by atoms with Gasteiger partial charge in [-0.05, 0) is 31.6 Å². The van der Waals surface area contributed by atoms with Crippen LogP contribution in [0.4, 0.5) is 13.2 Å². The van der Waals surface area contributed by atoms with Gasteiger partial charge >= 0.3 is 12.1 Å². The molecule has 1 atom stereocenters. The second kappa shape index (κ2) is 5.91. The minimum atomic E-state index is -4.12. The van der Waals surface area contributed by atoms with Crippen LogP contribution in [0.15, 0.2) is 0 Å². The number of hydrogen-bond donors (Lipinski definition) is 2. The molecule has 3 nitrogen and oxygen atoms in total. The van der Waals surface area contributed by atoms with Crippen molar-refractivity contribution in [3.63, 3.8) is 0 Å². The number of alkyl halides is 3. The molecule has 0 spiro atoms. The zero-order valence-electron chi connectivity index (χ0n) is 10.6. The number of carboxylic acid groups (broad SMARTS) is 1. The Hall–Kier alpha value is -0.780. The second-order valence-corrected chi connectivity index (χ2v) is 5.32. The van der Waals surface area contributed by atoms with E-state index in [1.54, 1.807) is 13.8 Å². The van der Waals surface area contributed by atoms with Crippen LogP contribution in [-0.2, 0) is 4.79 Å². The van der Waals surface area contributed by atoms with E-state index in [0.29, 0.717) is 12.8 Å². The molecule has 0 aromatic rings. The summed E-state index contributed by atoms with van der Waals surface area (Å²) in [6.07, 6.45) is -3.16. The number of carboxylic acids is 1. The van der Waals surface area contributed by atoms with E-state index in [1.165, 1.54) is 0 Å². The van der Waals surface area contributed by atoms with E-state index in [0.717, 1.165) is 0 Å². The van der Waals surface area contributed by atoms with Crippen molar-refractivity contribution >= 4 is 5.97 Å². The van der Waals surface area contributed by atoms with Crippen LogP contribution in [0.3, 0.4) is 0 Å². The van der Waals surface area contributed by atoms with Gasteiger partial charge in [0.15, 0.2) is 0 Å². The fourth-order valence-corrected chi connectivity index (χ4v) is 2.39. The highest BCUT2D eigenvalue weighted by Crippen LogP contribution is 2.37. The number of halogens is 3. The van der Waals surface area contributed by atoms with Crippen LogP contribution in [0.1, 0.15) is 39.5 Å². The summed E-state index contributed by atoms with van der Waals surface area (Å²) in [5, 5.41) is 12.0. The van der Waals surface area contributed by atoms with Crippen LogP contribution in [0.25, 0.3) is 0 Å². The van der Waals surface area contributed by atoms with Crippen molar-refractivity contribution in [2.45, 2.75) is 57.8 Å². The summed E-state index contributed by atoms with van der Waals surface area (Å²) < 4.78 is 37.4. The minimum absolute atomic E-state index is 0.0807. The Labute approximate surface area is 105 Å². The lowest BCUT2D eigenvalue weighted by atomic mass is 9.85. The summed E-state index contributed by atoms with van der Waals surface area (Å²) in [5.74, 6) is -2.25. The third-order valence-electron chi connectivity index (χ3n) is 3.54. The van der Waals surface area contributed by atoms with Crippen molar-refractivity contribution in [1.29, 1.82) is 0 Å². The average Bonchev–Trinajstić information content (AvgIpc) is 2.24. The average molecular weight is 267 g/mol. The third-order valence-corrected chi connectivity index (χ3v) is 3.54. The normalized spacial score (nSPS) is 27.2. The van der Waals surface area contributed by atoms with E-state index in [2.05, 4.69) is 5.32 Å². The van der Waals surface area contributed by atoms with Gasteiger partial charge in [-0.2, -0.15) is 13.2 Å². The number of aliphatic carboxylic acids is 1. The quantitative estimate of drug-likeness (QED) is 0.823. The first-order chi connectivity index (χ1) is 8.21. The molecule has 1 aliphatic carbocycles. The van der Waals surface area contributed by atoms with Gasteiger partial charge in [0, 0.05) is 6.04 Å². The molecule has 18 heavy (non-hydrogen) atoms. The molecule has 0 amide bonds. The lowest BCUT2D eigenvalue weighted by Crippen LogP contribution is -2.48. The Morgan fingerprint density at radius 3 is 2.06 bits per heavy atom. The van der Waals surface area contributed by atoms with Gasteiger partial charge in [-0.1, -0.05) is 13.8 Å². The lowest BCUT2D eigenvalue weighted by Gasteiger charge is -2.32. The van der Waals surface area contributed by atoms with Crippen LogP contribution in [0.2, 0.25) is 0 Å². The van der Waals surface area contributed by atoms with Gasteiger partial charge in [-0.15, -0.1) is 0 Å². The molecule has 6 heteroatoms. The maximum atomic E-state index is 12.5. The largest absolute Gasteiger partial charge is 0.480 e. The SMILES string of the molecule is CC(C)C(NC1CCC(C(F)(F)F)CC1)C(=O)O. The van der Waals surface area contributed by atoms with Crippen molar-refractivity contribution in [1.82, 2.24) is 5.32 Å². The Kier molecular flexibility index (Phi) is 5.01. The van der Waals surface area contributed by atoms with E-state index in [9.17, 15) is 18.0 Å². The summed E-state index contributed by atoms with van der Waals surface area (Å²) in [5.41, 5.74) is 0. The first kappa shape index (κ1) is 15.3. The standard InChI is InChI=1S/C12H20F3NO2/c1-7(2)10(11(17)18)16-9-5-3-8(4-6-9)12(13,14)15/h7-10,16H,3-6H2,1-2H3,(H,17,18). The summed E-state index contributed by atoms with van der Waals surface area (Å²) in [7, 11) is 0. The molecule has 2 N–H and O–H groups in total. The van der Waals surface area contributed by atoms with Gasteiger partial charge in [0.05, 0.1) is 5.92 Å². The highest BCUT2D eigenvalue weighted by molar-refractivity contribution is 5.73. The molecule has 106 valence electrons. The Morgan fingerprint density at radius 1 is 1.22 bits per heavy atom. The van der Waals surface area contributed by atoms with Crippen LogP contribution < -0.4 is 5.32 Å². The van der Waals surface area contributed by atoms with Gasteiger partial charge in [0.2, 0.25) is 0 Å². The molecule has 1 rings (SSSR count). The molecular formula is C12H20F3NO2. The van der Waals surface area contributed by atoms with Crippen molar-refractivity contribution < 1.29 is 23.1 Å². The molecule has 0 heterocycles. The first-order valence-corrected chi connectivity index (χ1v) is 6.27. The first-order valence-electron chi connectivity index (χ1n) is 6.27. The fourth-order valence-electron chi connectivity index (χ4n) is 2.39. The predicted octanol–water partition coefficient (Wildman–Crippen LogP) is 2.81. The van der Waals surface area contributed by atoms with E-state index in [4.69, 9.17) is 5.11 Å². The molecule has 0 saturated heterocycles. The maximum Gasteiger partial charge on any atom is 0.391 e. The number of carbonyl (C=O) groups is 1. The predicted molar refractivity (Wildman–Crippen MR) is 61.2 cm³/mol. The zero-order valence-corrected chi connectivity index (χ0v) is 10.6. The minimum Gasteiger partial charge on any atom is -0.480 e. The van der Waals surface area contributed by atoms with Gasteiger partial charge in [-0.25, -0.2) is 0 Å². The van der Waals surface area contributed by atoms with Crippen molar-refractivity contribution in [2.24, 2.45) is 11.8 Å². The van der Waals surface area contributed by atoms with E-state index < -0.39 is 24.1 Å². The number of nitrogens with one attached hydrogen (secondary N) is 1. The molecule has 0 radical (unpaired) electrons. The summed E-state index contributed by atoms with van der Waals surface area (Å²) in [6, 6.07) is -0.801. The van der Waals surface area contributed by atoms with Crippen molar-refractivity contribution in [3.8, 4) is 0 Å². The highest BCUT2D eigenvalue weighted by atomic mass is 19.4. The number of hydrogen-bond acceptors (Lipinski definition) is 2. The van der Waals surface area contributed by atoms with Gasteiger partial charge in [-0.3, -0.25) is 4.79 Å². The topological polar surface area (TPSA) is 49.3 Å². The summed E-state index contributed by atoms with van der Waals surface area (Å²) >= 11 is 0. The zero-order chi connectivity index (χ0) is 13.9. The number of rotatable bonds is 4. The molecule has 1 aliphatic rings. The van der Waals surface area contributed by atoms with Crippen molar-refractivity contribution in [2.75, 3.05) is 0 Å². The van der Waals surface area contributed by atoms with E-state index in [1.807, 2.05) is 0 Å². The molecule has 0 aromatic heterocycles. The lowest BCUT2D eigenvalue weighted by molar-refractivity contribution is -0.183. The highest BCUT2D eigenvalue weighted by Gasteiger charge is 2.41. The smallest absolute Gasteiger partial charge is 0.391 e. The van der Waals surface area contributed by atoms with Crippen LogP contribution in [0.5, 0.6) is 0 Å². The summed E-state index contributed by atoms with van der Waals surface area (Å²) in [4.78, 5) is 11.0. The molecule has 1 saturated carbocycles. The Morgan fingerprint density at radius 2 is 1.72 bits per heavy atom. The monoisotopic (exact) mass is 267 g/mol. The molecular weight excluding hydrogens is 247 g/mol. The molecule has 0 bridgehead atoms.